The quantitative estimate of drug-likeness (QED) is 0.723. The number of benzene rings is 1. The zero-order valence-electron chi connectivity index (χ0n) is 8.70. The van der Waals surface area contributed by atoms with Crippen LogP contribution in [0.5, 0.6) is 0 Å². The van der Waals surface area contributed by atoms with Crippen molar-refractivity contribution in [2.45, 2.75) is 0 Å². The van der Waals surface area contributed by atoms with Gasteiger partial charge in [0.25, 0.3) is 0 Å². The molecule has 0 bridgehead atoms. The number of hydrogen-bond donors (Lipinski definition) is 2. The molecule has 0 unspecified atom stereocenters. The van der Waals surface area contributed by atoms with Gasteiger partial charge in [0.1, 0.15) is 5.82 Å². The largest absolute Gasteiger partial charge is 0.338 e. The van der Waals surface area contributed by atoms with E-state index in [1.807, 2.05) is 24.3 Å². The Labute approximate surface area is 105 Å². The second-order valence-electron chi connectivity index (χ2n) is 3.69. The second-order valence-corrected chi connectivity index (χ2v) is 4.60. The lowest BCUT2D eigenvalue weighted by Crippen LogP contribution is -2.02. The van der Waals surface area contributed by atoms with E-state index in [2.05, 4.69) is 30.9 Å². The third-order valence-electron chi connectivity index (χ3n) is 2.49. The minimum Gasteiger partial charge on any atom is -0.338 e. The van der Waals surface area contributed by atoms with E-state index in [0.717, 1.165) is 21.1 Å². The molecule has 5 heteroatoms. The maximum Gasteiger partial charge on any atom is 0.248 e. The van der Waals surface area contributed by atoms with E-state index in [0.29, 0.717) is 5.82 Å². The molecule has 2 N–H and O–H groups in total. The standard InChI is InChI=1S/C12H8BrN3O/c13-8-1-2-9-10(6-8)16-12(15-9)7-3-4-14-11(17)5-7/h1-6H,(H,14,17)(H,15,16). The van der Waals surface area contributed by atoms with Crippen molar-refractivity contribution in [2.24, 2.45) is 0 Å². The van der Waals surface area contributed by atoms with Crippen LogP contribution in [0, 0.1) is 0 Å². The number of aromatic nitrogens is 3. The molecule has 0 aliphatic heterocycles. The Morgan fingerprint density at radius 1 is 1.18 bits per heavy atom. The molecule has 0 aliphatic rings. The Hall–Kier alpha value is -1.88. The number of H-pyrrole nitrogens is 2. The smallest absolute Gasteiger partial charge is 0.248 e. The summed E-state index contributed by atoms with van der Waals surface area (Å²) >= 11 is 3.41. The topological polar surface area (TPSA) is 61.5 Å². The van der Waals surface area contributed by atoms with Crippen molar-refractivity contribution in [2.75, 3.05) is 0 Å². The fourth-order valence-corrected chi connectivity index (χ4v) is 2.07. The second kappa shape index (κ2) is 3.85. The molecular formula is C12H8BrN3O. The van der Waals surface area contributed by atoms with E-state index < -0.39 is 0 Å². The lowest BCUT2D eigenvalue weighted by Gasteiger charge is -1.93. The number of imidazole rings is 1. The molecule has 2 heterocycles. The van der Waals surface area contributed by atoms with Crippen LogP contribution in [0.3, 0.4) is 0 Å². The summed E-state index contributed by atoms with van der Waals surface area (Å²) in [6, 6.07) is 9.15. The van der Waals surface area contributed by atoms with Gasteiger partial charge in [-0.2, -0.15) is 0 Å². The van der Waals surface area contributed by atoms with E-state index in [1.54, 1.807) is 6.20 Å². The molecule has 0 aliphatic carbocycles. The van der Waals surface area contributed by atoms with Gasteiger partial charge in [0, 0.05) is 22.3 Å². The van der Waals surface area contributed by atoms with Crippen LogP contribution < -0.4 is 5.56 Å². The van der Waals surface area contributed by atoms with Crippen LogP contribution in [0.15, 0.2) is 45.8 Å². The average molecular weight is 290 g/mol. The van der Waals surface area contributed by atoms with E-state index >= 15 is 0 Å². The number of pyridine rings is 1. The summed E-state index contributed by atoms with van der Waals surface area (Å²) in [6.45, 7) is 0. The molecular weight excluding hydrogens is 282 g/mol. The lowest BCUT2D eigenvalue weighted by molar-refractivity contribution is 1.22. The van der Waals surface area contributed by atoms with E-state index in [9.17, 15) is 4.79 Å². The maximum absolute atomic E-state index is 11.2. The number of nitrogens with zero attached hydrogens (tertiary/aromatic N) is 1. The van der Waals surface area contributed by atoms with Crippen LogP contribution in [0.2, 0.25) is 0 Å². The summed E-state index contributed by atoms with van der Waals surface area (Å²) in [5.74, 6) is 0.698. The van der Waals surface area contributed by atoms with Gasteiger partial charge in [0.05, 0.1) is 11.0 Å². The number of halogens is 1. The normalized spacial score (nSPS) is 10.9. The van der Waals surface area contributed by atoms with Gasteiger partial charge in [-0.15, -0.1) is 0 Å². The van der Waals surface area contributed by atoms with Crippen molar-refractivity contribution in [1.82, 2.24) is 15.0 Å². The lowest BCUT2D eigenvalue weighted by atomic mass is 10.2. The first-order valence-corrected chi connectivity index (χ1v) is 5.86. The highest BCUT2D eigenvalue weighted by atomic mass is 79.9. The molecule has 0 saturated carbocycles. The predicted octanol–water partition coefficient (Wildman–Crippen LogP) is 2.68. The van der Waals surface area contributed by atoms with E-state index in [-0.39, 0.29) is 5.56 Å². The molecule has 0 fully saturated rings. The number of aromatic amines is 2. The Balaban J connectivity index is 2.21. The number of nitrogens with one attached hydrogen (secondary N) is 2. The molecule has 0 amide bonds. The SMILES string of the molecule is O=c1cc(-c2nc3ccc(Br)cc3[nH]2)cc[nH]1. The van der Waals surface area contributed by atoms with Gasteiger partial charge in [-0.1, -0.05) is 15.9 Å². The summed E-state index contributed by atoms with van der Waals surface area (Å²) in [6.07, 6.45) is 1.61. The molecule has 84 valence electrons. The number of rotatable bonds is 1. The zero-order valence-corrected chi connectivity index (χ0v) is 10.3. The fourth-order valence-electron chi connectivity index (χ4n) is 1.71. The highest BCUT2D eigenvalue weighted by molar-refractivity contribution is 9.10. The van der Waals surface area contributed by atoms with Crippen LogP contribution >= 0.6 is 15.9 Å². The first-order valence-electron chi connectivity index (χ1n) is 5.07. The molecule has 3 rings (SSSR count). The van der Waals surface area contributed by atoms with Crippen LogP contribution in [-0.4, -0.2) is 15.0 Å². The fraction of sp³-hybridized carbons (Fsp3) is 0. The van der Waals surface area contributed by atoms with E-state index in [4.69, 9.17) is 0 Å². The Kier molecular flexibility index (Phi) is 2.33. The molecule has 0 radical (unpaired) electrons. The van der Waals surface area contributed by atoms with Gasteiger partial charge in [-0.25, -0.2) is 4.98 Å². The summed E-state index contributed by atoms with van der Waals surface area (Å²) in [7, 11) is 0. The van der Waals surface area contributed by atoms with Crippen LogP contribution in [-0.2, 0) is 0 Å². The molecule has 2 aromatic heterocycles. The van der Waals surface area contributed by atoms with E-state index in [1.165, 1.54) is 6.07 Å². The monoisotopic (exact) mass is 289 g/mol. The number of hydrogen-bond acceptors (Lipinski definition) is 2. The first-order chi connectivity index (χ1) is 8.22. The Bertz CT molecular complexity index is 745. The van der Waals surface area contributed by atoms with Gasteiger partial charge in [0.15, 0.2) is 0 Å². The highest BCUT2D eigenvalue weighted by Gasteiger charge is 2.05. The van der Waals surface area contributed by atoms with Gasteiger partial charge in [0.2, 0.25) is 5.56 Å². The summed E-state index contributed by atoms with van der Waals surface area (Å²) < 4.78 is 0.992. The van der Waals surface area contributed by atoms with Crippen LogP contribution in [0.1, 0.15) is 0 Å². The highest BCUT2D eigenvalue weighted by Crippen LogP contribution is 2.21. The molecule has 17 heavy (non-hydrogen) atoms. The predicted molar refractivity (Wildman–Crippen MR) is 69.9 cm³/mol. The maximum atomic E-state index is 11.2. The average Bonchev–Trinajstić information content (AvgIpc) is 2.72. The van der Waals surface area contributed by atoms with Gasteiger partial charge in [-0.3, -0.25) is 4.79 Å². The van der Waals surface area contributed by atoms with Crippen LogP contribution in [0.4, 0.5) is 0 Å². The van der Waals surface area contributed by atoms with Crippen molar-refractivity contribution >= 4 is 27.0 Å². The van der Waals surface area contributed by atoms with Crippen molar-refractivity contribution in [3.63, 3.8) is 0 Å². The molecule has 4 nitrogen and oxygen atoms in total. The van der Waals surface area contributed by atoms with Crippen molar-refractivity contribution in [3.8, 4) is 11.4 Å². The minimum absolute atomic E-state index is 0.135. The first kappa shape index (κ1) is 10.3. The van der Waals surface area contributed by atoms with Gasteiger partial charge >= 0.3 is 0 Å². The van der Waals surface area contributed by atoms with Gasteiger partial charge in [-0.05, 0) is 24.3 Å². The van der Waals surface area contributed by atoms with Gasteiger partial charge < -0.3 is 9.97 Å². The van der Waals surface area contributed by atoms with Crippen LogP contribution in [0.25, 0.3) is 22.4 Å². The summed E-state index contributed by atoms with van der Waals surface area (Å²) in [5, 5.41) is 0. The third kappa shape index (κ3) is 1.89. The van der Waals surface area contributed by atoms with Crippen molar-refractivity contribution in [3.05, 3.63) is 51.4 Å². The summed E-state index contributed by atoms with van der Waals surface area (Å²) in [4.78, 5) is 21.4. The summed E-state index contributed by atoms with van der Waals surface area (Å²) in [5.41, 5.74) is 2.46. The zero-order chi connectivity index (χ0) is 11.8. The number of fused-ring (bicyclic) bond motifs is 1. The Morgan fingerprint density at radius 2 is 2.06 bits per heavy atom. The Morgan fingerprint density at radius 3 is 2.88 bits per heavy atom. The molecule has 0 saturated heterocycles. The molecule has 0 spiro atoms. The minimum atomic E-state index is -0.135. The molecule has 0 atom stereocenters. The van der Waals surface area contributed by atoms with Crippen molar-refractivity contribution in [1.29, 1.82) is 0 Å². The third-order valence-corrected chi connectivity index (χ3v) is 2.99. The molecule has 1 aromatic carbocycles. The molecule has 3 aromatic rings. The van der Waals surface area contributed by atoms with Crippen molar-refractivity contribution < 1.29 is 0 Å².